The second kappa shape index (κ2) is 14.0. The van der Waals surface area contributed by atoms with Crippen LogP contribution in [0.25, 0.3) is 0 Å². The highest BCUT2D eigenvalue weighted by Gasteiger charge is 2.12. The molecule has 2 aromatic rings. The summed E-state index contributed by atoms with van der Waals surface area (Å²) < 4.78 is 29.2. The molecular weight excluding hydrogens is 489 g/mol. The maximum atomic E-state index is 12.3. The van der Waals surface area contributed by atoms with Crippen LogP contribution in [0.1, 0.15) is 35.2 Å². The van der Waals surface area contributed by atoms with Crippen molar-refractivity contribution in [3.8, 4) is 0 Å². The molecule has 2 aromatic carbocycles. The minimum atomic E-state index is -2.50. The van der Waals surface area contributed by atoms with Crippen molar-refractivity contribution in [2.45, 2.75) is 25.7 Å². The van der Waals surface area contributed by atoms with Gasteiger partial charge in [0.2, 0.25) is 0 Å². The number of benzene rings is 2. The molecule has 0 aromatic heterocycles. The van der Waals surface area contributed by atoms with Crippen molar-refractivity contribution in [1.29, 1.82) is 0 Å². The van der Waals surface area contributed by atoms with Gasteiger partial charge in [0.25, 0.3) is 5.91 Å². The lowest BCUT2D eigenvalue weighted by Crippen LogP contribution is -2.28. The van der Waals surface area contributed by atoms with Crippen LogP contribution in [-0.4, -0.2) is 47.5 Å². The molecule has 0 aliphatic rings. The van der Waals surface area contributed by atoms with Crippen molar-refractivity contribution in [2.24, 2.45) is 0 Å². The normalized spacial score (nSPS) is 11.5. The third-order valence-corrected chi connectivity index (χ3v) is 6.42. The van der Waals surface area contributed by atoms with Crippen molar-refractivity contribution in [3.05, 3.63) is 63.6 Å². The molecule has 11 heteroatoms. The smallest absolute Gasteiger partial charge is 0.406 e. The SMILES string of the molecule is COC(=O)NCCCCCNC(=O)c1ccc(N(CCc2cccc(Cl)c2Cl)S(=O)[O-])cc1. The van der Waals surface area contributed by atoms with Gasteiger partial charge in [-0.1, -0.05) is 35.3 Å². The Morgan fingerprint density at radius 2 is 1.70 bits per heavy atom. The number of methoxy groups -OCH3 is 1. The Balaban J connectivity index is 1.83. The summed E-state index contributed by atoms with van der Waals surface area (Å²) in [7, 11) is 1.31. The highest BCUT2D eigenvalue weighted by Crippen LogP contribution is 2.26. The van der Waals surface area contributed by atoms with Gasteiger partial charge < -0.3 is 24.2 Å². The molecule has 180 valence electrons. The monoisotopic (exact) mass is 514 g/mol. The number of anilines is 1. The summed E-state index contributed by atoms with van der Waals surface area (Å²) in [6.07, 6.45) is 2.30. The summed E-state index contributed by atoms with van der Waals surface area (Å²) >= 11 is 9.70. The molecule has 33 heavy (non-hydrogen) atoms. The molecule has 0 aliphatic heterocycles. The number of unbranched alkanes of at least 4 members (excludes halogenated alkanes) is 2. The van der Waals surface area contributed by atoms with E-state index >= 15 is 0 Å². The molecule has 0 fully saturated rings. The van der Waals surface area contributed by atoms with E-state index in [1.807, 2.05) is 0 Å². The predicted molar refractivity (Wildman–Crippen MR) is 129 cm³/mol. The molecule has 1 atom stereocenters. The first-order valence-corrected chi connectivity index (χ1v) is 12.1. The molecule has 0 heterocycles. The van der Waals surface area contributed by atoms with Crippen LogP contribution in [0.2, 0.25) is 10.0 Å². The summed E-state index contributed by atoms with van der Waals surface area (Å²) in [4.78, 5) is 23.2. The van der Waals surface area contributed by atoms with Crippen LogP contribution in [0.5, 0.6) is 0 Å². The minimum Gasteiger partial charge on any atom is -0.755 e. The lowest BCUT2D eigenvalue weighted by atomic mass is 10.1. The van der Waals surface area contributed by atoms with Crippen LogP contribution in [0.15, 0.2) is 42.5 Å². The molecule has 2 N–H and O–H groups in total. The number of alkyl carbamates (subject to hydrolysis) is 1. The second-order valence-corrected chi connectivity index (χ2v) is 8.72. The molecule has 1 unspecified atom stereocenters. The Labute approximate surface area is 206 Å². The fraction of sp³-hybridized carbons (Fsp3) is 0.364. The number of ether oxygens (including phenoxy) is 1. The molecule has 0 bridgehead atoms. The largest absolute Gasteiger partial charge is 0.755 e. The van der Waals surface area contributed by atoms with E-state index < -0.39 is 17.4 Å². The van der Waals surface area contributed by atoms with Gasteiger partial charge in [-0.2, -0.15) is 0 Å². The summed E-state index contributed by atoms with van der Waals surface area (Å²) in [6, 6.07) is 11.6. The first kappa shape index (κ1) is 26.9. The minimum absolute atomic E-state index is 0.173. The molecular formula is C22H26Cl2N3O5S-. The summed E-state index contributed by atoms with van der Waals surface area (Å²) in [5.74, 6) is -0.241. The number of amides is 2. The second-order valence-electron chi connectivity index (χ2n) is 7.06. The van der Waals surface area contributed by atoms with Gasteiger partial charge in [0, 0.05) is 42.2 Å². The number of hydrogen-bond acceptors (Lipinski definition) is 5. The van der Waals surface area contributed by atoms with Crippen LogP contribution < -0.4 is 14.9 Å². The Morgan fingerprint density at radius 1 is 1.03 bits per heavy atom. The van der Waals surface area contributed by atoms with Crippen molar-refractivity contribution >= 4 is 52.2 Å². The average molecular weight is 515 g/mol. The lowest BCUT2D eigenvalue weighted by Gasteiger charge is -2.26. The van der Waals surface area contributed by atoms with Gasteiger partial charge in [0.1, 0.15) is 0 Å². The fourth-order valence-corrected chi connectivity index (χ4v) is 3.97. The van der Waals surface area contributed by atoms with Gasteiger partial charge in [-0.25, -0.2) is 4.79 Å². The van der Waals surface area contributed by atoms with Gasteiger partial charge in [-0.3, -0.25) is 9.00 Å². The number of nitrogens with zero attached hydrogens (tertiary/aromatic N) is 1. The van der Waals surface area contributed by atoms with Crippen LogP contribution in [0.3, 0.4) is 0 Å². The Bertz CT molecular complexity index is 960. The molecule has 0 aliphatic carbocycles. The molecule has 2 amide bonds. The van der Waals surface area contributed by atoms with Gasteiger partial charge in [0.05, 0.1) is 17.2 Å². The molecule has 8 nitrogen and oxygen atoms in total. The van der Waals surface area contributed by atoms with Crippen molar-refractivity contribution in [1.82, 2.24) is 10.6 Å². The van der Waals surface area contributed by atoms with E-state index in [1.165, 1.54) is 11.4 Å². The Hall–Kier alpha value is -2.33. The third-order valence-electron chi connectivity index (χ3n) is 4.81. The number of carbonyl (C=O) groups is 2. The number of halogens is 2. The zero-order valence-corrected chi connectivity index (χ0v) is 20.5. The van der Waals surface area contributed by atoms with Crippen LogP contribution in [0.4, 0.5) is 10.5 Å². The zero-order valence-electron chi connectivity index (χ0n) is 18.1. The van der Waals surface area contributed by atoms with Crippen LogP contribution in [0, 0.1) is 0 Å². The van der Waals surface area contributed by atoms with Crippen molar-refractivity contribution in [3.63, 3.8) is 0 Å². The van der Waals surface area contributed by atoms with Crippen molar-refractivity contribution < 1.29 is 23.1 Å². The Kier molecular flexibility index (Phi) is 11.5. The quantitative estimate of drug-likeness (QED) is 0.327. The van der Waals surface area contributed by atoms with E-state index in [0.717, 1.165) is 24.8 Å². The summed E-state index contributed by atoms with van der Waals surface area (Å²) in [5, 5.41) is 6.24. The van der Waals surface area contributed by atoms with E-state index in [1.54, 1.807) is 42.5 Å². The van der Waals surface area contributed by atoms with E-state index in [0.29, 0.717) is 40.8 Å². The van der Waals surface area contributed by atoms with E-state index in [9.17, 15) is 18.4 Å². The third kappa shape index (κ3) is 8.85. The van der Waals surface area contributed by atoms with Gasteiger partial charge in [-0.15, -0.1) is 0 Å². The summed E-state index contributed by atoms with van der Waals surface area (Å²) in [5.41, 5.74) is 1.62. The average Bonchev–Trinajstić information content (AvgIpc) is 2.81. The number of hydrogen-bond donors (Lipinski definition) is 2. The van der Waals surface area contributed by atoms with E-state index in [2.05, 4.69) is 15.4 Å². The fourth-order valence-electron chi connectivity index (χ4n) is 3.03. The highest BCUT2D eigenvalue weighted by molar-refractivity contribution is 7.80. The van der Waals surface area contributed by atoms with Gasteiger partial charge in [0.15, 0.2) is 0 Å². The molecule has 0 radical (unpaired) electrons. The topological polar surface area (TPSA) is 111 Å². The standard InChI is InChI=1S/C22H27Cl2N3O5S/c1-32-22(29)26-14-4-2-3-13-25-21(28)17-8-10-18(11-9-17)27(33(30)31)15-12-16-6-5-7-19(23)20(16)24/h5-11H,2-4,12-15H2,1H3,(H,25,28)(H,26,29)(H,30,31)/p-1. The molecule has 0 saturated carbocycles. The zero-order chi connectivity index (χ0) is 24.2. The van der Waals surface area contributed by atoms with Crippen LogP contribution in [-0.2, 0) is 22.4 Å². The predicted octanol–water partition coefficient (Wildman–Crippen LogP) is 4.09. The van der Waals surface area contributed by atoms with Crippen molar-refractivity contribution in [2.75, 3.05) is 31.0 Å². The van der Waals surface area contributed by atoms with E-state index in [-0.39, 0.29) is 12.5 Å². The number of nitrogens with one attached hydrogen (secondary N) is 2. The molecule has 2 rings (SSSR count). The van der Waals surface area contributed by atoms with Crippen LogP contribution >= 0.6 is 23.2 Å². The number of carbonyl (C=O) groups excluding carboxylic acids is 2. The highest BCUT2D eigenvalue weighted by atomic mass is 35.5. The van der Waals surface area contributed by atoms with E-state index in [4.69, 9.17) is 23.2 Å². The van der Waals surface area contributed by atoms with Gasteiger partial charge >= 0.3 is 6.09 Å². The first-order chi connectivity index (χ1) is 15.8. The maximum Gasteiger partial charge on any atom is 0.406 e. The number of rotatable bonds is 12. The molecule has 0 spiro atoms. The maximum absolute atomic E-state index is 12.3. The Morgan fingerprint density at radius 3 is 2.33 bits per heavy atom. The first-order valence-electron chi connectivity index (χ1n) is 10.3. The lowest BCUT2D eigenvalue weighted by molar-refractivity contribution is 0.0953. The molecule has 0 saturated heterocycles. The summed E-state index contributed by atoms with van der Waals surface area (Å²) in [6.45, 7) is 1.19. The van der Waals surface area contributed by atoms with Gasteiger partial charge in [-0.05, 0) is 61.6 Å².